The van der Waals surface area contributed by atoms with Crippen LogP contribution in [-0.4, -0.2) is 35.6 Å². The molecule has 1 heterocycles. The maximum Gasteiger partial charge on any atom is 0.270 e. The molecule has 1 saturated heterocycles. The summed E-state index contributed by atoms with van der Waals surface area (Å²) in [4.78, 5) is 27.1. The zero-order valence-electron chi connectivity index (χ0n) is 16.4. The number of anilines is 1. The zero-order valence-corrected chi connectivity index (χ0v) is 18.9. The SMILES string of the molecule is CCOc1cc(/C=C2\SC(=S)N(c3cccc(SC)c3)C2=O)ccc1OCC(N)=O. The molecule has 0 unspecified atom stereocenters. The Morgan fingerprint density at radius 2 is 2.03 bits per heavy atom. The highest BCUT2D eigenvalue weighted by atomic mass is 32.2. The van der Waals surface area contributed by atoms with Gasteiger partial charge in [0.2, 0.25) is 0 Å². The number of nitrogens with zero attached hydrogens (tertiary/aromatic N) is 1. The Morgan fingerprint density at radius 3 is 2.73 bits per heavy atom. The first-order chi connectivity index (χ1) is 14.4. The van der Waals surface area contributed by atoms with Crippen molar-refractivity contribution < 1.29 is 19.1 Å². The summed E-state index contributed by atoms with van der Waals surface area (Å²) in [5.74, 6) is 0.135. The molecule has 9 heteroatoms. The fourth-order valence-electron chi connectivity index (χ4n) is 2.74. The first-order valence-corrected chi connectivity index (χ1v) is 11.5. The van der Waals surface area contributed by atoms with E-state index < -0.39 is 5.91 Å². The van der Waals surface area contributed by atoms with Crippen molar-refractivity contribution in [3.05, 3.63) is 52.9 Å². The van der Waals surface area contributed by atoms with Crippen LogP contribution in [0.1, 0.15) is 12.5 Å². The first kappa shape index (κ1) is 22.2. The smallest absolute Gasteiger partial charge is 0.270 e. The van der Waals surface area contributed by atoms with Gasteiger partial charge in [-0.3, -0.25) is 14.5 Å². The van der Waals surface area contributed by atoms with Gasteiger partial charge in [0, 0.05) is 4.90 Å². The van der Waals surface area contributed by atoms with Gasteiger partial charge in [0.25, 0.3) is 11.8 Å². The lowest BCUT2D eigenvalue weighted by Crippen LogP contribution is -2.27. The Balaban J connectivity index is 1.87. The van der Waals surface area contributed by atoms with Crippen molar-refractivity contribution in [2.75, 3.05) is 24.4 Å². The van der Waals surface area contributed by atoms with E-state index in [4.69, 9.17) is 27.4 Å². The van der Waals surface area contributed by atoms with Crippen molar-refractivity contribution in [2.45, 2.75) is 11.8 Å². The molecule has 1 aliphatic heterocycles. The van der Waals surface area contributed by atoms with E-state index in [9.17, 15) is 9.59 Å². The molecule has 0 saturated carbocycles. The Kier molecular flexibility index (Phi) is 7.41. The number of hydrogen-bond acceptors (Lipinski definition) is 7. The fraction of sp³-hybridized carbons (Fsp3) is 0.190. The molecule has 1 fully saturated rings. The van der Waals surface area contributed by atoms with Gasteiger partial charge in [-0.05, 0) is 55.2 Å². The molecule has 2 amide bonds. The zero-order chi connectivity index (χ0) is 21.7. The van der Waals surface area contributed by atoms with E-state index in [1.807, 2.05) is 37.4 Å². The predicted octanol–water partition coefficient (Wildman–Crippen LogP) is 4.08. The van der Waals surface area contributed by atoms with E-state index in [0.717, 1.165) is 16.1 Å². The van der Waals surface area contributed by atoms with Crippen LogP contribution in [0.15, 0.2) is 52.3 Å². The molecule has 30 heavy (non-hydrogen) atoms. The van der Waals surface area contributed by atoms with E-state index >= 15 is 0 Å². The average Bonchev–Trinajstić information content (AvgIpc) is 3.00. The number of ether oxygens (including phenoxy) is 2. The summed E-state index contributed by atoms with van der Waals surface area (Å²) in [7, 11) is 0. The second-order valence-electron chi connectivity index (χ2n) is 6.11. The Hall–Kier alpha value is -2.49. The summed E-state index contributed by atoms with van der Waals surface area (Å²) in [6.07, 6.45) is 3.74. The predicted molar refractivity (Wildman–Crippen MR) is 126 cm³/mol. The number of amides is 2. The molecular weight excluding hydrogens is 440 g/mol. The summed E-state index contributed by atoms with van der Waals surface area (Å²) in [5, 5.41) is 0. The standard InChI is InChI=1S/C21H20N2O4S3/c1-3-26-17-9-13(7-8-16(17)27-12-19(22)24)10-18-20(25)23(21(28)30-18)14-5-4-6-15(11-14)29-2/h4-11H,3,12H2,1-2H3,(H2,22,24)/b18-10-. The molecule has 3 rings (SSSR count). The minimum Gasteiger partial charge on any atom is -0.490 e. The number of nitrogens with two attached hydrogens (primary N) is 1. The van der Waals surface area contributed by atoms with Crippen LogP contribution in [0.5, 0.6) is 11.5 Å². The molecule has 1 aliphatic rings. The molecule has 2 aromatic carbocycles. The van der Waals surface area contributed by atoms with E-state index in [-0.39, 0.29) is 12.5 Å². The minimum absolute atomic E-state index is 0.171. The molecule has 156 valence electrons. The summed E-state index contributed by atoms with van der Waals surface area (Å²) in [6, 6.07) is 12.9. The Morgan fingerprint density at radius 1 is 1.23 bits per heavy atom. The maximum absolute atomic E-state index is 13.0. The molecule has 0 aromatic heterocycles. The second kappa shape index (κ2) is 10.0. The summed E-state index contributed by atoms with van der Waals surface area (Å²) >= 11 is 8.31. The van der Waals surface area contributed by atoms with E-state index in [2.05, 4.69) is 0 Å². The second-order valence-corrected chi connectivity index (χ2v) is 8.67. The van der Waals surface area contributed by atoms with E-state index in [0.29, 0.717) is 27.3 Å². The molecule has 0 bridgehead atoms. The van der Waals surface area contributed by atoms with Crippen molar-refractivity contribution >= 4 is 63.6 Å². The van der Waals surface area contributed by atoms with Crippen LogP contribution in [0.25, 0.3) is 6.08 Å². The molecule has 0 spiro atoms. The Labute approximate surface area is 188 Å². The first-order valence-electron chi connectivity index (χ1n) is 9.03. The van der Waals surface area contributed by atoms with Gasteiger partial charge in [-0.25, -0.2) is 0 Å². The number of primary amides is 1. The average molecular weight is 461 g/mol. The Bertz CT molecular complexity index is 1020. The van der Waals surface area contributed by atoms with E-state index in [1.54, 1.807) is 40.9 Å². The monoisotopic (exact) mass is 460 g/mol. The quantitative estimate of drug-likeness (QED) is 0.361. The number of benzene rings is 2. The largest absolute Gasteiger partial charge is 0.490 e. The lowest BCUT2D eigenvalue weighted by molar-refractivity contribution is -0.120. The third kappa shape index (κ3) is 5.16. The van der Waals surface area contributed by atoms with Crippen LogP contribution in [-0.2, 0) is 9.59 Å². The van der Waals surface area contributed by atoms with Crippen LogP contribution in [0, 0.1) is 0 Å². The highest BCUT2D eigenvalue weighted by molar-refractivity contribution is 8.27. The van der Waals surface area contributed by atoms with Gasteiger partial charge < -0.3 is 15.2 Å². The third-order valence-corrected chi connectivity index (χ3v) is 6.07. The molecule has 0 aliphatic carbocycles. The van der Waals surface area contributed by atoms with Crippen molar-refractivity contribution in [3.63, 3.8) is 0 Å². The number of thiocarbonyl (C=S) groups is 1. The van der Waals surface area contributed by atoms with Gasteiger partial charge in [0.05, 0.1) is 17.2 Å². The molecule has 2 N–H and O–H groups in total. The number of hydrogen-bond donors (Lipinski definition) is 1. The van der Waals surface area contributed by atoms with Gasteiger partial charge in [-0.15, -0.1) is 11.8 Å². The number of carbonyl (C=O) groups excluding carboxylic acids is 2. The normalized spacial score (nSPS) is 15.0. The number of carbonyl (C=O) groups is 2. The van der Waals surface area contributed by atoms with Gasteiger partial charge in [-0.1, -0.05) is 36.1 Å². The third-order valence-electron chi connectivity index (χ3n) is 4.04. The topological polar surface area (TPSA) is 81.9 Å². The number of rotatable bonds is 8. The van der Waals surface area contributed by atoms with Crippen molar-refractivity contribution in [1.29, 1.82) is 0 Å². The van der Waals surface area contributed by atoms with Crippen LogP contribution in [0.4, 0.5) is 5.69 Å². The summed E-state index contributed by atoms with van der Waals surface area (Å²) < 4.78 is 11.5. The van der Waals surface area contributed by atoms with Gasteiger partial charge in [-0.2, -0.15) is 0 Å². The van der Waals surface area contributed by atoms with Crippen LogP contribution < -0.4 is 20.1 Å². The highest BCUT2D eigenvalue weighted by Gasteiger charge is 2.33. The fourth-order valence-corrected chi connectivity index (χ4v) is 4.49. The van der Waals surface area contributed by atoms with Crippen molar-refractivity contribution in [2.24, 2.45) is 5.73 Å². The highest BCUT2D eigenvalue weighted by Crippen LogP contribution is 2.38. The molecular formula is C21H20N2O4S3. The molecule has 6 nitrogen and oxygen atoms in total. The summed E-state index contributed by atoms with van der Waals surface area (Å²) in [5.41, 5.74) is 6.64. The molecule has 0 radical (unpaired) electrons. The van der Waals surface area contributed by atoms with Crippen LogP contribution in [0.3, 0.4) is 0 Å². The minimum atomic E-state index is -0.573. The maximum atomic E-state index is 13.0. The van der Waals surface area contributed by atoms with Gasteiger partial charge in [0.1, 0.15) is 0 Å². The van der Waals surface area contributed by atoms with E-state index in [1.165, 1.54) is 11.8 Å². The number of thioether (sulfide) groups is 2. The van der Waals surface area contributed by atoms with Crippen LogP contribution >= 0.6 is 35.7 Å². The van der Waals surface area contributed by atoms with Crippen LogP contribution in [0.2, 0.25) is 0 Å². The van der Waals surface area contributed by atoms with Crippen molar-refractivity contribution in [1.82, 2.24) is 0 Å². The lowest BCUT2D eigenvalue weighted by Gasteiger charge is -2.15. The van der Waals surface area contributed by atoms with Gasteiger partial charge >= 0.3 is 0 Å². The summed E-state index contributed by atoms with van der Waals surface area (Å²) in [6.45, 7) is 2.02. The molecule has 2 aromatic rings. The van der Waals surface area contributed by atoms with Gasteiger partial charge in [0.15, 0.2) is 22.4 Å². The molecule has 0 atom stereocenters. The van der Waals surface area contributed by atoms with Crippen molar-refractivity contribution in [3.8, 4) is 11.5 Å². The lowest BCUT2D eigenvalue weighted by atomic mass is 10.1.